The van der Waals surface area contributed by atoms with E-state index in [-0.39, 0.29) is 23.5 Å². The van der Waals surface area contributed by atoms with Crippen molar-refractivity contribution in [1.82, 2.24) is 15.1 Å². The van der Waals surface area contributed by atoms with Gasteiger partial charge in [-0.3, -0.25) is 14.5 Å². The monoisotopic (exact) mass is 311 g/mol. The Morgan fingerprint density at radius 1 is 1.23 bits per heavy atom. The quantitative estimate of drug-likeness (QED) is 0.808. The molecule has 6 heteroatoms. The number of hydrogen-bond acceptors (Lipinski definition) is 4. The van der Waals surface area contributed by atoms with Gasteiger partial charge in [-0.1, -0.05) is 6.92 Å². The molecule has 2 saturated heterocycles. The maximum atomic E-state index is 12.3. The second-order valence-electron chi connectivity index (χ2n) is 6.89. The van der Waals surface area contributed by atoms with Crippen LogP contribution < -0.4 is 5.32 Å². The summed E-state index contributed by atoms with van der Waals surface area (Å²) in [6, 6.07) is 0. The van der Waals surface area contributed by atoms with Gasteiger partial charge in [0.05, 0.1) is 6.54 Å². The fourth-order valence-corrected chi connectivity index (χ4v) is 2.81. The van der Waals surface area contributed by atoms with Crippen LogP contribution in [0.5, 0.6) is 0 Å². The fourth-order valence-electron chi connectivity index (χ4n) is 2.81. The third-order valence-electron chi connectivity index (χ3n) is 4.62. The fraction of sp³-hybridized carbons (Fsp3) is 0.875. The summed E-state index contributed by atoms with van der Waals surface area (Å²) in [5.74, 6) is 0.180. The molecule has 0 aromatic carbocycles. The Hall–Kier alpha value is -1.14. The molecule has 2 amide bonds. The van der Waals surface area contributed by atoms with Gasteiger partial charge in [-0.2, -0.15) is 0 Å². The van der Waals surface area contributed by atoms with E-state index < -0.39 is 0 Å². The van der Waals surface area contributed by atoms with Crippen molar-refractivity contribution in [3.8, 4) is 0 Å². The first-order valence-electron chi connectivity index (χ1n) is 8.35. The molecule has 2 aliphatic heterocycles. The van der Waals surface area contributed by atoms with Gasteiger partial charge < -0.3 is 15.0 Å². The van der Waals surface area contributed by atoms with Gasteiger partial charge in [0.1, 0.15) is 6.10 Å². The van der Waals surface area contributed by atoms with Crippen molar-refractivity contribution >= 4 is 11.8 Å². The van der Waals surface area contributed by atoms with Crippen LogP contribution in [0.15, 0.2) is 0 Å². The van der Waals surface area contributed by atoms with Crippen molar-refractivity contribution in [1.29, 1.82) is 0 Å². The molecule has 2 aliphatic rings. The lowest BCUT2D eigenvalue weighted by molar-refractivity contribution is -0.142. The number of hydrogen-bond donors (Lipinski definition) is 1. The third-order valence-corrected chi connectivity index (χ3v) is 4.62. The molecule has 1 N–H and O–H groups in total. The molecule has 2 heterocycles. The van der Waals surface area contributed by atoms with Crippen LogP contribution in [0.1, 0.15) is 40.0 Å². The molecule has 0 aromatic heterocycles. The number of rotatable bonds is 5. The summed E-state index contributed by atoms with van der Waals surface area (Å²) in [5, 5.41) is 3.05. The first-order chi connectivity index (χ1) is 10.4. The second kappa shape index (κ2) is 7.42. The lowest BCUT2D eigenvalue weighted by atomic mass is 10.0. The van der Waals surface area contributed by atoms with Crippen LogP contribution in [-0.2, 0) is 14.3 Å². The summed E-state index contributed by atoms with van der Waals surface area (Å²) >= 11 is 0. The summed E-state index contributed by atoms with van der Waals surface area (Å²) in [7, 11) is 0. The Kier molecular flexibility index (Phi) is 5.81. The zero-order valence-corrected chi connectivity index (χ0v) is 14.1. The first kappa shape index (κ1) is 17.2. The molecule has 126 valence electrons. The third kappa shape index (κ3) is 4.68. The molecular formula is C16H29N3O3. The Balaban J connectivity index is 1.72. The van der Waals surface area contributed by atoms with E-state index >= 15 is 0 Å². The Labute approximate surface area is 133 Å². The van der Waals surface area contributed by atoms with Gasteiger partial charge in [0.25, 0.3) is 5.91 Å². The molecule has 22 heavy (non-hydrogen) atoms. The van der Waals surface area contributed by atoms with Gasteiger partial charge in [-0.25, -0.2) is 0 Å². The van der Waals surface area contributed by atoms with E-state index in [4.69, 9.17) is 4.74 Å². The summed E-state index contributed by atoms with van der Waals surface area (Å²) < 4.78 is 5.46. The van der Waals surface area contributed by atoms with Gasteiger partial charge >= 0.3 is 0 Å². The molecule has 2 rings (SSSR count). The molecular weight excluding hydrogens is 282 g/mol. The number of piperazine rings is 1. The number of nitrogens with one attached hydrogen (secondary N) is 1. The zero-order chi connectivity index (χ0) is 16.2. The van der Waals surface area contributed by atoms with Gasteiger partial charge in [0.2, 0.25) is 5.91 Å². The van der Waals surface area contributed by atoms with Crippen molar-refractivity contribution in [3.63, 3.8) is 0 Å². The average Bonchev–Trinajstić information content (AvgIpc) is 3.01. The highest BCUT2D eigenvalue weighted by Gasteiger charge is 2.30. The van der Waals surface area contributed by atoms with E-state index in [9.17, 15) is 9.59 Å². The topological polar surface area (TPSA) is 61.9 Å². The van der Waals surface area contributed by atoms with E-state index in [1.807, 2.05) is 18.7 Å². The molecule has 6 nitrogen and oxygen atoms in total. The number of carbonyl (C=O) groups excluding carboxylic acids is 2. The van der Waals surface area contributed by atoms with Crippen LogP contribution in [0.25, 0.3) is 0 Å². The van der Waals surface area contributed by atoms with E-state index in [0.29, 0.717) is 26.2 Å². The molecule has 0 bridgehead atoms. The average molecular weight is 311 g/mol. The van der Waals surface area contributed by atoms with Crippen LogP contribution in [0.4, 0.5) is 0 Å². The van der Waals surface area contributed by atoms with Gasteiger partial charge in [0.15, 0.2) is 0 Å². The zero-order valence-electron chi connectivity index (χ0n) is 14.1. The van der Waals surface area contributed by atoms with Crippen LogP contribution in [0.2, 0.25) is 0 Å². The summed E-state index contributed by atoms with van der Waals surface area (Å²) in [6.45, 7) is 10.1. The van der Waals surface area contributed by atoms with Gasteiger partial charge in [0, 0.05) is 38.3 Å². The van der Waals surface area contributed by atoms with E-state index in [1.165, 1.54) is 0 Å². The highest BCUT2D eigenvalue weighted by atomic mass is 16.5. The summed E-state index contributed by atoms with van der Waals surface area (Å²) in [5.41, 5.74) is -0.158. The first-order valence-corrected chi connectivity index (χ1v) is 8.35. The highest BCUT2D eigenvalue weighted by molar-refractivity contribution is 5.81. The van der Waals surface area contributed by atoms with Crippen molar-refractivity contribution in [2.45, 2.75) is 51.7 Å². The van der Waals surface area contributed by atoms with E-state index in [2.05, 4.69) is 17.1 Å². The maximum Gasteiger partial charge on any atom is 0.251 e. The van der Waals surface area contributed by atoms with Crippen LogP contribution in [-0.4, -0.2) is 72.6 Å². The number of carbonyl (C=O) groups is 2. The molecule has 1 unspecified atom stereocenters. The number of amides is 2. The molecule has 0 aromatic rings. The van der Waals surface area contributed by atoms with Crippen LogP contribution in [0.3, 0.4) is 0 Å². The molecule has 0 spiro atoms. The molecule has 2 fully saturated rings. The Morgan fingerprint density at radius 3 is 2.45 bits per heavy atom. The largest absolute Gasteiger partial charge is 0.368 e. The minimum atomic E-state index is -0.236. The predicted octanol–water partition coefficient (Wildman–Crippen LogP) is 0.614. The standard InChI is InChI=1S/C16H29N3O3/c1-4-16(2,3)17-14(20)12-18-7-9-19(10-8-18)15(21)13-6-5-11-22-13/h13H,4-12H2,1-3H3,(H,17,20). The van der Waals surface area contributed by atoms with Crippen LogP contribution >= 0.6 is 0 Å². The minimum absolute atomic E-state index is 0.0609. The van der Waals surface area contributed by atoms with Gasteiger partial charge in [-0.05, 0) is 33.1 Å². The highest BCUT2D eigenvalue weighted by Crippen LogP contribution is 2.16. The van der Waals surface area contributed by atoms with Crippen molar-refractivity contribution in [3.05, 3.63) is 0 Å². The van der Waals surface area contributed by atoms with E-state index in [0.717, 1.165) is 32.4 Å². The molecule has 0 radical (unpaired) electrons. The smallest absolute Gasteiger partial charge is 0.251 e. The summed E-state index contributed by atoms with van der Waals surface area (Å²) in [6.07, 6.45) is 2.49. The Bertz CT molecular complexity index is 397. The minimum Gasteiger partial charge on any atom is -0.368 e. The van der Waals surface area contributed by atoms with Crippen molar-refractivity contribution in [2.75, 3.05) is 39.3 Å². The summed E-state index contributed by atoms with van der Waals surface area (Å²) in [4.78, 5) is 28.3. The number of nitrogens with zero attached hydrogens (tertiary/aromatic N) is 2. The van der Waals surface area contributed by atoms with Crippen molar-refractivity contribution in [2.24, 2.45) is 0 Å². The van der Waals surface area contributed by atoms with Crippen LogP contribution in [0, 0.1) is 0 Å². The lowest BCUT2D eigenvalue weighted by Crippen LogP contribution is -2.54. The SMILES string of the molecule is CCC(C)(C)NC(=O)CN1CCN(C(=O)C2CCCO2)CC1. The van der Waals surface area contributed by atoms with Crippen molar-refractivity contribution < 1.29 is 14.3 Å². The second-order valence-corrected chi connectivity index (χ2v) is 6.89. The Morgan fingerprint density at radius 2 is 1.91 bits per heavy atom. The molecule has 0 aliphatic carbocycles. The molecule has 0 saturated carbocycles. The maximum absolute atomic E-state index is 12.3. The normalized spacial score (nSPS) is 23.6. The molecule has 1 atom stereocenters. The lowest BCUT2D eigenvalue weighted by Gasteiger charge is -2.36. The van der Waals surface area contributed by atoms with Gasteiger partial charge in [-0.15, -0.1) is 0 Å². The van der Waals surface area contributed by atoms with E-state index in [1.54, 1.807) is 0 Å². The predicted molar refractivity (Wildman–Crippen MR) is 84.5 cm³/mol. The number of ether oxygens (including phenoxy) is 1.